The molecule has 0 aromatic heterocycles. The Labute approximate surface area is 103 Å². The van der Waals surface area contributed by atoms with E-state index >= 15 is 0 Å². The van der Waals surface area contributed by atoms with Gasteiger partial charge in [0.1, 0.15) is 6.10 Å². The molecule has 1 aromatic carbocycles. The third-order valence-corrected chi connectivity index (χ3v) is 2.72. The van der Waals surface area contributed by atoms with Crippen LogP contribution in [-0.2, 0) is 0 Å². The minimum Gasteiger partial charge on any atom is -0.376 e. The molecule has 2 rings (SSSR count). The van der Waals surface area contributed by atoms with Gasteiger partial charge in [0.15, 0.2) is 0 Å². The third kappa shape index (κ3) is 2.96. The number of nitro benzene ring substituents is 1. The van der Waals surface area contributed by atoms with Crippen LogP contribution >= 0.6 is 11.6 Å². The maximum Gasteiger partial charge on any atom is 0.276 e. The van der Waals surface area contributed by atoms with Crippen molar-refractivity contribution in [2.24, 2.45) is 5.92 Å². The zero-order valence-corrected chi connectivity index (χ0v) is 9.65. The fourth-order valence-electron chi connectivity index (χ4n) is 1.41. The average molecular weight is 252 g/mol. The van der Waals surface area contributed by atoms with Gasteiger partial charge in [0, 0.05) is 17.0 Å². The van der Waals surface area contributed by atoms with Crippen molar-refractivity contribution >= 4 is 17.3 Å². The van der Waals surface area contributed by atoms with E-state index in [-0.39, 0.29) is 11.3 Å². The lowest BCUT2D eigenvalue weighted by molar-refractivity contribution is -0.386. The summed E-state index contributed by atoms with van der Waals surface area (Å²) >= 11 is 5.76. The lowest BCUT2D eigenvalue weighted by atomic mass is 10.1. The highest BCUT2D eigenvalue weighted by Crippen LogP contribution is 2.30. The van der Waals surface area contributed by atoms with Crippen molar-refractivity contribution in [3.63, 3.8) is 0 Å². The number of aliphatic hydroxyl groups excluding tert-OH is 1. The number of benzene rings is 1. The van der Waals surface area contributed by atoms with Gasteiger partial charge in [-0.25, -0.2) is 0 Å². The van der Waals surface area contributed by atoms with Gasteiger partial charge >= 0.3 is 0 Å². The number of nitro groups is 1. The highest BCUT2D eigenvalue weighted by molar-refractivity contribution is 6.30. The summed E-state index contributed by atoms with van der Waals surface area (Å²) in [6.45, 7) is 0. The van der Waals surface area contributed by atoms with Gasteiger partial charge in [-0.15, -0.1) is 0 Å². The van der Waals surface area contributed by atoms with Crippen molar-refractivity contribution in [1.82, 2.24) is 0 Å². The molecule has 4 nitrogen and oxygen atoms in total. The first-order valence-electron chi connectivity index (χ1n) is 5.21. The molecule has 0 heterocycles. The second kappa shape index (κ2) is 4.74. The molecule has 17 heavy (non-hydrogen) atoms. The van der Waals surface area contributed by atoms with Gasteiger partial charge in [-0.1, -0.05) is 23.4 Å². The first kappa shape index (κ1) is 11.9. The largest absolute Gasteiger partial charge is 0.376 e. The molecule has 0 radical (unpaired) electrons. The van der Waals surface area contributed by atoms with E-state index in [1.54, 1.807) is 0 Å². The molecule has 0 bridgehead atoms. The molecule has 1 aliphatic rings. The number of aliphatic hydroxyl groups is 1. The van der Waals surface area contributed by atoms with E-state index in [0.29, 0.717) is 10.9 Å². The fourth-order valence-corrected chi connectivity index (χ4v) is 1.59. The normalized spacial score (nSPS) is 15.9. The van der Waals surface area contributed by atoms with Gasteiger partial charge in [0.05, 0.1) is 10.5 Å². The summed E-state index contributed by atoms with van der Waals surface area (Å²) in [6, 6.07) is 4.08. The van der Waals surface area contributed by atoms with Crippen LogP contribution in [0.15, 0.2) is 18.2 Å². The zero-order chi connectivity index (χ0) is 12.4. The number of rotatable bonds is 2. The van der Waals surface area contributed by atoms with Crippen molar-refractivity contribution in [2.45, 2.75) is 18.9 Å². The monoisotopic (exact) mass is 251 g/mol. The van der Waals surface area contributed by atoms with Crippen molar-refractivity contribution in [3.05, 3.63) is 38.9 Å². The molecule has 1 atom stereocenters. The summed E-state index contributed by atoms with van der Waals surface area (Å²) in [5, 5.41) is 21.0. The minimum atomic E-state index is -1.16. The molecule has 0 saturated heterocycles. The highest BCUT2D eigenvalue weighted by atomic mass is 35.5. The second-order valence-corrected chi connectivity index (χ2v) is 4.36. The van der Waals surface area contributed by atoms with E-state index in [2.05, 4.69) is 11.8 Å². The van der Waals surface area contributed by atoms with E-state index in [0.717, 1.165) is 12.8 Å². The highest BCUT2D eigenvalue weighted by Gasteiger charge is 2.21. The van der Waals surface area contributed by atoms with E-state index in [4.69, 9.17) is 11.6 Å². The first-order valence-corrected chi connectivity index (χ1v) is 5.58. The maximum absolute atomic E-state index is 10.8. The Morgan fingerprint density at radius 3 is 2.82 bits per heavy atom. The molecular formula is C12H10ClNO3. The standard InChI is InChI=1S/C12H10ClNO3/c13-9-4-5-11(14(16)17)10(7-9)12(15)6-3-8-1-2-8/h4-5,7-8,12,15H,1-2H2. The van der Waals surface area contributed by atoms with Gasteiger partial charge in [-0.3, -0.25) is 10.1 Å². The summed E-state index contributed by atoms with van der Waals surface area (Å²) in [4.78, 5) is 10.2. The van der Waals surface area contributed by atoms with E-state index in [9.17, 15) is 15.2 Å². The number of hydrogen-bond donors (Lipinski definition) is 1. The summed E-state index contributed by atoms with van der Waals surface area (Å²) in [7, 11) is 0. The van der Waals surface area contributed by atoms with E-state index in [1.165, 1.54) is 18.2 Å². The molecular weight excluding hydrogens is 242 g/mol. The molecule has 1 aliphatic carbocycles. The average Bonchev–Trinajstić information content (AvgIpc) is 3.09. The van der Waals surface area contributed by atoms with Gasteiger partial charge < -0.3 is 5.11 Å². The van der Waals surface area contributed by atoms with Gasteiger partial charge in [-0.2, -0.15) is 0 Å². The van der Waals surface area contributed by atoms with Crippen molar-refractivity contribution in [3.8, 4) is 11.8 Å². The summed E-state index contributed by atoms with van der Waals surface area (Å²) in [6.07, 6.45) is 0.920. The predicted molar refractivity (Wildman–Crippen MR) is 63.6 cm³/mol. The van der Waals surface area contributed by atoms with Crippen LogP contribution in [0, 0.1) is 27.9 Å². The van der Waals surface area contributed by atoms with Crippen LogP contribution in [0.5, 0.6) is 0 Å². The summed E-state index contributed by atoms with van der Waals surface area (Å²) in [5.41, 5.74) is -0.0114. The first-order chi connectivity index (χ1) is 8.08. The Morgan fingerprint density at radius 2 is 2.24 bits per heavy atom. The van der Waals surface area contributed by atoms with Crippen LogP contribution in [0.3, 0.4) is 0 Å². The molecule has 88 valence electrons. The Balaban J connectivity index is 2.32. The summed E-state index contributed by atoms with van der Waals surface area (Å²) in [5.74, 6) is 5.84. The van der Waals surface area contributed by atoms with Gasteiger partial charge in [-0.05, 0) is 25.0 Å². The van der Waals surface area contributed by atoms with Crippen LogP contribution in [0.4, 0.5) is 5.69 Å². The maximum atomic E-state index is 10.8. The zero-order valence-electron chi connectivity index (χ0n) is 8.89. The lowest BCUT2D eigenvalue weighted by Gasteiger charge is -2.05. The van der Waals surface area contributed by atoms with Crippen molar-refractivity contribution in [2.75, 3.05) is 0 Å². The molecule has 1 aromatic rings. The molecule has 0 spiro atoms. The Bertz CT molecular complexity index is 514. The SMILES string of the molecule is O=[N+]([O-])c1ccc(Cl)cc1C(O)C#CC1CC1. The Morgan fingerprint density at radius 1 is 1.53 bits per heavy atom. The van der Waals surface area contributed by atoms with Crippen LogP contribution in [0.1, 0.15) is 24.5 Å². The molecule has 1 fully saturated rings. The van der Waals surface area contributed by atoms with Gasteiger partial charge in [0.25, 0.3) is 5.69 Å². The molecule has 5 heteroatoms. The van der Waals surface area contributed by atoms with E-state index in [1.807, 2.05) is 0 Å². The smallest absolute Gasteiger partial charge is 0.276 e. The van der Waals surface area contributed by atoms with E-state index < -0.39 is 11.0 Å². The fraction of sp³-hybridized carbons (Fsp3) is 0.333. The Hall–Kier alpha value is -1.57. The van der Waals surface area contributed by atoms with Crippen LogP contribution in [-0.4, -0.2) is 10.0 Å². The molecule has 1 saturated carbocycles. The topological polar surface area (TPSA) is 63.4 Å². The minimum absolute atomic E-state index is 0.149. The van der Waals surface area contributed by atoms with Crippen molar-refractivity contribution in [1.29, 1.82) is 0 Å². The lowest BCUT2D eigenvalue weighted by Crippen LogP contribution is -2.00. The third-order valence-electron chi connectivity index (χ3n) is 2.48. The van der Waals surface area contributed by atoms with Crippen LogP contribution in [0.25, 0.3) is 0 Å². The predicted octanol–water partition coefficient (Wildman–Crippen LogP) is 2.70. The number of nitrogens with zero attached hydrogens (tertiary/aromatic N) is 1. The summed E-state index contributed by atoms with van der Waals surface area (Å²) < 4.78 is 0. The van der Waals surface area contributed by atoms with Crippen molar-refractivity contribution < 1.29 is 10.0 Å². The Kier molecular flexibility index (Phi) is 3.32. The molecule has 1 N–H and O–H groups in total. The number of halogens is 1. The number of hydrogen-bond acceptors (Lipinski definition) is 3. The second-order valence-electron chi connectivity index (χ2n) is 3.93. The van der Waals surface area contributed by atoms with Gasteiger partial charge in [0.2, 0.25) is 0 Å². The quantitative estimate of drug-likeness (QED) is 0.499. The molecule has 0 aliphatic heterocycles. The van der Waals surface area contributed by atoms with Crippen LogP contribution in [0.2, 0.25) is 5.02 Å². The molecule has 0 amide bonds. The molecule has 1 unspecified atom stereocenters. The van der Waals surface area contributed by atoms with Crippen LogP contribution < -0.4 is 0 Å².